The van der Waals surface area contributed by atoms with Crippen molar-refractivity contribution in [3.63, 3.8) is 0 Å². The lowest BCUT2D eigenvalue weighted by Gasteiger charge is -2.21. The third kappa shape index (κ3) is 1.41. The van der Waals surface area contributed by atoms with Crippen LogP contribution in [0.5, 0.6) is 0 Å². The molecule has 1 aliphatic carbocycles. The molecule has 0 aromatic rings. The first kappa shape index (κ1) is 8.87. The van der Waals surface area contributed by atoms with Gasteiger partial charge in [-0.25, -0.2) is 0 Å². The molecular weight excluding hydrogens is 172 g/mol. The molecular formula is C9H12O4. The van der Waals surface area contributed by atoms with E-state index >= 15 is 0 Å². The Kier molecular flexibility index (Phi) is 1.80. The fourth-order valence-corrected chi connectivity index (χ4v) is 1.66. The van der Waals surface area contributed by atoms with E-state index < -0.39 is 24.1 Å². The molecule has 4 nitrogen and oxygen atoms in total. The van der Waals surface area contributed by atoms with Crippen LogP contribution in [0.25, 0.3) is 0 Å². The molecule has 0 radical (unpaired) electrons. The van der Waals surface area contributed by atoms with Crippen molar-refractivity contribution in [1.82, 2.24) is 0 Å². The van der Waals surface area contributed by atoms with Gasteiger partial charge in [0.05, 0.1) is 0 Å². The first-order valence-corrected chi connectivity index (χ1v) is 4.25. The van der Waals surface area contributed by atoms with Gasteiger partial charge in [-0.2, -0.15) is 0 Å². The fourth-order valence-electron chi connectivity index (χ4n) is 1.66. The molecule has 0 spiro atoms. The number of fused-ring (bicyclic) bond motifs is 1. The lowest BCUT2D eigenvalue weighted by atomic mass is 9.98. The summed E-state index contributed by atoms with van der Waals surface area (Å²) in [7, 11) is 0. The van der Waals surface area contributed by atoms with Gasteiger partial charge >= 0.3 is 0 Å². The highest BCUT2D eigenvalue weighted by Gasteiger charge is 2.48. The molecule has 1 aliphatic heterocycles. The second kappa shape index (κ2) is 2.64. The highest BCUT2D eigenvalue weighted by atomic mass is 16.8. The van der Waals surface area contributed by atoms with Crippen LogP contribution in [0.3, 0.4) is 0 Å². The van der Waals surface area contributed by atoms with Gasteiger partial charge in [0.25, 0.3) is 0 Å². The van der Waals surface area contributed by atoms with Crippen molar-refractivity contribution in [2.75, 3.05) is 0 Å². The molecule has 1 fully saturated rings. The SMILES string of the molecule is CC1(C)OC2[C@H](O1)C(=O)C=C[C@@H]2O. The highest BCUT2D eigenvalue weighted by molar-refractivity contribution is 5.95. The Balaban J connectivity index is 2.26. The van der Waals surface area contributed by atoms with Crippen LogP contribution in [-0.4, -0.2) is 35.0 Å². The molecule has 0 saturated carbocycles. The number of carbonyl (C=O) groups excluding carboxylic acids is 1. The van der Waals surface area contributed by atoms with Gasteiger partial charge in [-0.15, -0.1) is 0 Å². The van der Waals surface area contributed by atoms with Crippen LogP contribution in [0.15, 0.2) is 12.2 Å². The predicted octanol–water partition coefficient (Wildman–Crippen LogP) is 0.00630. The molecule has 2 aliphatic rings. The molecule has 1 unspecified atom stereocenters. The summed E-state index contributed by atoms with van der Waals surface area (Å²) in [5.74, 6) is -0.918. The van der Waals surface area contributed by atoms with Gasteiger partial charge in [-0.3, -0.25) is 4.79 Å². The smallest absolute Gasteiger partial charge is 0.187 e. The van der Waals surface area contributed by atoms with Gasteiger partial charge in [0, 0.05) is 0 Å². The molecule has 1 saturated heterocycles. The van der Waals surface area contributed by atoms with Crippen LogP contribution in [0, 0.1) is 0 Å². The molecule has 4 heteroatoms. The summed E-state index contributed by atoms with van der Waals surface area (Å²) >= 11 is 0. The predicted molar refractivity (Wildman–Crippen MR) is 44.0 cm³/mol. The number of aliphatic hydroxyl groups is 1. The lowest BCUT2D eigenvalue weighted by Crippen LogP contribution is -2.41. The van der Waals surface area contributed by atoms with Crippen molar-refractivity contribution < 1.29 is 19.4 Å². The average Bonchev–Trinajstić information content (AvgIpc) is 2.35. The van der Waals surface area contributed by atoms with Crippen molar-refractivity contribution in [2.24, 2.45) is 0 Å². The number of rotatable bonds is 0. The van der Waals surface area contributed by atoms with E-state index in [1.807, 2.05) is 0 Å². The zero-order valence-electron chi connectivity index (χ0n) is 7.56. The average molecular weight is 184 g/mol. The Morgan fingerprint density at radius 3 is 2.77 bits per heavy atom. The maximum Gasteiger partial charge on any atom is 0.187 e. The summed E-state index contributed by atoms with van der Waals surface area (Å²) < 4.78 is 10.7. The van der Waals surface area contributed by atoms with E-state index in [9.17, 15) is 9.90 Å². The molecule has 13 heavy (non-hydrogen) atoms. The second-order valence-electron chi connectivity index (χ2n) is 3.77. The topological polar surface area (TPSA) is 55.8 Å². The monoisotopic (exact) mass is 184 g/mol. The van der Waals surface area contributed by atoms with Crippen molar-refractivity contribution in [3.8, 4) is 0 Å². The number of hydrogen-bond acceptors (Lipinski definition) is 4. The maximum atomic E-state index is 11.3. The summed E-state index contributed by atoms with van der Waals surface area (Å²) in [6.45, 7) is 3.46. The molecule has 1 heterocycles. The molecule has 0 bridgehead atoms. The third-order valence-electron chi connectivity index (χ3n) is 2.20. The van der Waals surface area contributed by atoms with E-state index in [0.717, 1.165) is 0 Å². The number of ether oxygens (including phenoxy) is 2. The van der Waals surface area contributed by atoms with Crippen LogP contribution in [0.2, 0.25) is 0 Å². The summed E-state index contributed by atoms with van der Waals surface area (Å²) in [6, 6.07) is 0. The molecule has 2 rings (SSSR count). The van der Waals surface area contributed by atoms with E-state index in [2.05, 4.69) is 0 Å². The molecule has 1 N–H and O–H groups in total. The minimum atomic E-state index is -0.780. The first-order valence-electron chi connectivity index (χ1n) is 4.25. The molecule has 0 aromatic carbocycles. The van der Waals surface area contributed by atoms with Gasteiger partial charge in [-0.05, 0) is 26.0 Å². The van der Waals surface area contributed by atoms with E-state index in [1.165, 1.54) is 12.2 Å². The van der Waals surface area contributed by atoms with Crippen LogP contribution in [0.1, 0.15) is 13.8 Å². The highest BCUT2D eigenvalue weighted by Crippen LogP contribution is 2.32. The first-order chi connectivity index (χ1) is 5.99. The standard InChI is InChI=1S/C9H12O4/c1-9(2)12-7-5(10)3-4-6(11)8(7)13-9/h3-5,7-8,10H,1-2H3/t5-,7?,8+/m0/s1. The van der Waals surface area contributed by atoms with E-state index in [1.54, 1.807) is 13.8 Å². The van der Waals surface area contributed by atoms with E-state index in [-0.39, 0.29) is 5.78 Å². The van der Waals surface area contributed by atoms with Crippen molar-refractivity contribution in [2.45, 2.75) is 37.9 Å². The van der Waals surface area contributed by atoms with E-state index in [0.29, 0.717) is 0 Å². The number of aliphatic hydroxyl groups excluding tert-OH is 1. The molecule has 0 aromatic heterocycles. The minimum absolute atomic E-state index is 0.138. The largest absolute Gasteiger partial charge is 0.386 e. The summed E-state index contributed by atoms with van der Waals surface area (Å²) in [6.07, 6.45) is 0.845. The van der Waals surface area contributed by atoms with Crippen LogP contribution < -0.4 is 0 Å². The number of ketones is 1. The van der Waals surface area contributed by atoms with Gasteiger partial charge in [0.2, 0.25) is 0 Å². The van der Waals surface area contributed by atoms with Crippen molar-refractivity contribution in [1.29, 1.82) is 0 Å². The van der Waals surface area contributed by atoms with Gasteiger partial charge in [0.15, 0.2) is 17.7 Å². The van der Waals surface area contributed by atoms with Crippen molar-refractivity contribution in [3.05, 3.63) is 12.2 Å². The normalized spacial score (nSPS) is 42.1. The Hall–Kier alpha value is -0.710. The Morgan fingerprint density at radius 1 is 1.46 bits per heavy atom. The quantitative estimate of drug-likeness (QED) is 0.576. The Bertz CT molecular complexity index is 269. The van der Waals surface area contributed by atoms with Crippen LogP contribution >= 0.6 is 0 Å². The maximum absolute atomic E-state index is 11.3. The van der Waals surface area contributed by atoms with Crippen molar-refractivity contribution >= 4 is 5.78 Å². The minimum Gasteiger partial charge on any atom is -0.386 e. The van der Waals surface area contributed by atoms with Gasteiger partial charge in [-0.1, -0.05) is 0 Å². The summed E-state index contributed by atoms with van der Waals surface area (Å²) in [4.78, 5) is 11.3. The second-order valence-corrected chi connectivity index (χ2v) is 3.77. The fraction of sp³-hybridized carbons (Fsp3) is 0.667. The lowest BCUT2D eigenvalue weighted by molar-refractivity contribution is -0.155. The van der Waals surface area contributed by atoms with E-state index in [4.69, 9.17) is 9.47 Å². The summed E-state index contributed by atoms with van der Waals surface area (Å²) in [5.41, 5.74) is 0. The van der Waals surface area contributed by atoms with Gasteiger partial charge in [0.1, 0.15) is 12.2 Å². The zero-order chi connectivity index (χ0) is 9.64. The van der Waals surface area contributed by atoms with Crippen LogP contribution in [-0.2, 0) is 14.3 Å². The molecule has 3 atom stereocenters. The number of carbonyl (C=O) groups is 1. The van der Waals surface area contributed by atoms with Gasteiger partial charge < -0.3 is 14.6 Å². The Labute approximate surface area is 76.1 Å². The third-order valence-corrected chi connectivity index (χ3v) is 2.20. The zero-order valence-corrected chi connectivity index (χ0v) is 7.56. The summed E-state index contributed by atoms with van der Waals surface area (Å²) in [5, 5.41) is 9.49. The molecule has 72 valence electrons. The molecule has 0 amide bonds. The number of hydrogen-bond donors (Lipinski definition) is 1. The van der Waals surface area contributed by atoms with Crippen LogP contribution in [0.4, 0.5) is 0 Å². The Morgan fingerprint density at radius 2 is 2.15 bits per heavy atom.